The second kappa shape index (κ2) is 15.6. The average Bonchev–Trinajstić information content (AvgIpc) is 2.67. The number of hydrogen-bond donors (Lipinski definition) is 0. The molecule has 0 aliphatic heterocycles. The fourth-order valence-electron chi connectivity index (χ4n) is 0.527. The summed E-state index contributed by atoms with van der Waals surface area (Å²) in [5.74, 6) is 4.25. The zero-order valence-electron chi connectivity index (χ0n) is 6.80. The van der Waals surface area contributed by atoms with Crippen LogP contribution in [0.1, 0.15) is 6.42 Å². The van der Waals surface area contributed by atoms with Crippen LogP contribution in [0, 0.1) is 11.6 Å². The van der Waals surface area contributed by atoms with Crippen molar-refractivity contribution in [1.82, 2.24) is 0 Å². The Morgan fingerprint density at radius 1 is 1.31 bits per heavy atom. The molecule has 1 aliphatic carbocycles. The molecule has 0 nitrogen and oxygen atoms in total. The molecule has 1 unspecified atom stereocenters. The SMILES string of the molecule is [C-]1=CC=CC1.[Cl-].[Cl-].[Zr+4].[c-]1pcc[pH]1. The van der Waals surface area contributed by atoms with Gasteiger partial charge in [0.25, 0.3) is 0 Å². The van der Waals surface area contributed by atoms with Gasteiger partial charge in [0.2, 0.25) is 0 Å². The summed E-state index contributed by atoms with van der Waals surface area (Å²) in [6.07, 6.45) is 10.0. The Kier molecular flexibility index (Phi) is 23.6. The normalized spacial score (nSPS) is 11.1. The van der Waals surface area contributed by atoms with E-state index in [1.54, 1.807) is 0 Å². The van der Waals surface area contributed by atoms with Crippen molar-refractivity contribution in [1.29, 1.82) is 0 Å². The van der Waals surface area contributed by atoms with Gasteiger partial charge in [0.05, 0.1) is 0 Å². The first kappa shape index (κ1) is 19.7. The summed E-state index contributed by atoms with van der Waals surface area (Å²) in [6.45, 7) is 0. The summed E-state index contributed by atoms with van der Waals surface area (Å²) in [5, 5.41) is 0. The Balaban J connectivity index is -0.000000125. The molecule has 0 N–H and O–H groups in total. The second-order valence-electron chi connectivity index (χ2n) is 1.70. The second-order valence-corrected chi connectivity index (χ2v) is 3.78. The molecule has 68 valence electrons. The van der Waals surface area contributed by atoms with E-state index < -0.39 is 0 Å². The number of allylic oxidation sites excluding steroid dienone is 4. The van der Waals surface area contributed by atoms with Gasteiger partial charge in [0.1, 0.15) is 0 Å². The maximum absolute atomic E-state index is 3.11. The van der Waals surface area contributed by atoms with Crippen LogP contribution in [-0.2, 0) is 26.2 Å². The van der Waals surface area contributed by atoms with E-state index in [1.807, 2.05) is 12.2 Å². The predicted molar refractivity (Wildman–Crippen MR) is 48.9 cm³/mol. The largest absolute Gasteiger partial charge is 4.00 e. The minimum absolute atomic E-state index is 0. The van der Waals surface area contributed by atoms with E-state index in [9.17, 15) is 0 Å². The minimum Gasteiger partial charge on any atom is -1.00 e. The van der Waals surface area contributed by atoms with E-state index in [4.69, 9.17) is 0 Å². The Morgan fingerprint density at radius 3 is 2.23 bits per heavy atom. The van der Waals surface area contributed by atoms with E-state index in [-0.39, 0.29) is 51.0 Å². The minimum atomic E-state index is 0. The molecule has 13 heavy (non-hydrogen) atoms. The molecule has 1 atom stereocenters. The van der Waals surface area contributed by atoms with Crippen LogP contribution in [0.2, 0.25) is 0 Å². The summed E-state index contributed by atoms with van der Waals surface area (Å²) in [5.41, 5.74) is 3.11. The van der Waals surface area contributed by atoms with E-state index in [2.05, 4.69) is 29.3 Å². The summed E-state index contributed by atoms with van der Waals surface area (Å²) < 4.78 is 0. The monoisotopic (exact) mass is 326 g/mol. The smallest absolute Gasteiger partial charge is 1.00 e. The average molecular weight is 328 g/mol. The third kappa shape index (κ3) is 13.2. The van der Waals surface area contributed by atoms with E-state index >= 15 is 0 Å². The van der Waals surface area contributed by atoms with Crippen molar-refractivity contribution < 1.29 is 51.0 Å². The third-order valence-electron chi connectivity index (χ3n) is 0.947. The standard InChI is InChI=1S/C5H5.C3H3P2.2ClH.Zr/c1-2-4-5-3-1;1-2-5-3-4-1;;;/h1-3H,4H2;1-2,4H;2*1H;/q2*-1;;;+4/p-2. The first-order chi connectivity index (χ1) is 5.00. The van der Waals surface area contributed by atoms with Crippen molar-refractivity contribution >= 4 is 16.4 Å². The Hall–Kier alpha value is 1.15. The van der Waals surface area contributed by atoms with Crippen molar-refractivity contribution in [2.75, 3.05) is 0 Å². The van der Waals surface area contributed by atoms with Crippen LogP contribution >= 0.6 is 16.4 Å². The van der Waals surface area contributed by atoms with Crippen LogP contribution in [0.4, 0.5) is 0 Å². The molecule has 1 aromatic rings. The molecule has 0 bridgehead atoms. The maximum atomic E-state index is 3.11. The van der Waals surface area contributed by atoms with Gasteiger partial charge in [-0.25, -0.2) is 20.3 Å². The number of halogens is 2. The Labute approximate surface area is 114 Å². The molecule has 2 rings (SSSR count). The van der Waals surface area contributed by atoms with Gasteiger partial charge in [0.15, 0.2) is 0 Å². The van der Waals surface area contributed by atoms with Crippen molar-refractivity contribution in [3.8, 4) is 0 Å². The van der Waals surface area contributed by atoms with Gasteiger partial charge in [-0.2, -0.15) is 17.7 Å². The molecular weight excluding hydrogens is 320 g/mol. The molecule has 0 spiro atoms. The van der Waals surface area contributed by atoms with Crippen LogP contribution < -0.4 is 24.8 Å². The van der Waals surface area contributed by atoms with Crippen molar-refractivity contribution in [2.45, 2.75) is 6.42 Å². The third-order valence-corrected chi connectivity index (χ3v) is 2.89. The van der Waals surface area contributed by atoms with Crippen molar-refractivity contribution in [2.24, 2.45) is 0 Å². The molecule has 0 amide bonds. The van der Waals surface area contributed by atoms with E-state index in [1.165, 1.54) is 8.19 Å². The molecular formula is C8H8Cl2P2Zr. The van der Waals surface area contributed by atoms with Crippen molar-refractivity contribution in [3.63, 3.8) is 0 Å². The first-order valence-electron chi connectivity index (χ1n) is 3.07. The maximum Gasteiger partial charge on any atom is 4.00 e. The van der Waals surface area contributed by atoms with Gasteiger partial charge in [-0.15, -0.1) is 12.0 Å². The predicted octanol–water partition coefficient (Wildman–Crippen LogP) is -2.59. The molecule has 0 radical (unpaired) electrons. The van der Waals surface area contributed by atoms with Gasteiger partial charge < -0.3 is 24.8 Å². The molecule has 0 aromatic carbocycles. The first-order valence-corrected chi connectivity index (χ1v) is 5.11. The molecule has 0 saturated heterocycles. The molecule has 0 fully saturated rings. The fourth-order valence-corrected chi connectivity index (χ4v) is 2.02. The van der Waals surface area contributed by atoms with Crippen molar-refractivity contribution in [3.05, 3.63) is 41.4 Å². The van der Waals surface area contributed by atoms with E-state index in [0.29, 0.717) is 0 Å². The fraction of sp³-hybridized carbons (Fsp3) is 0.125. The summed E-state index contributed by atoms with van der Waals surface area (Å²) >= 11 is 0. The van der Waals surface area contributed by atoms with Crippen LogP contribution in [0.15, 0.2) is 29.8 Å². The Morgan fingerprint density at radius 2 is 2.08 bits per heavy atom. The zero-order valence-corrected chi connectivity index (χ0v) is 12.7. The zero-order chi connectivity index (χ0) is 7.07. The van der Waals surface area contributed by atoms with Crippen LogP contribution in [-0.4, -0.2) is 0 Å². The van der Waals surface area contributed by atoms with Gasteiger partial charge >= 0.3 is 26.2 Å². The summed E-state index contributed by atoms with van der Waals surface area (Å²) in [4.78, 5) is 0. The number of hydrogen-bond acceptors (Lipinski definition) is 0. The molecule has 1 heterocycles. The Bertz CT molecular complexity index is 183. The molecule has 1 aliphatic rings. The van der Waals surface area contributed by atoms with Crippen LogP contribution in [0.3, 0.4) is 0 Å². The summed E-state index contributed by atoms with van der Waals surface area (Å²) in [7, 11) is 2.14. The molecule has 0 saturated carbocycles. The summed E-state index contributed by atoms with van der Waals surface area (Å²) in [6, 6.07) is 0. The van der Waals surface area contributed by atoms with Crippen LogP contribution in [0.5, 0.6) is 0 Å². The molecule has 1 aromatic heterocycles. The quantitative estimate of drug-likeness (QED) is 0.459. The van der Waals surface area contributed by atoms with Gasteiger partial charge in [0, 0.05) is 0 Å². The van der Waals surface area contributed by atoms with Gasteiger partial charge in [-0.05, 0) is 0 Å². The number of rotatable bonds is 0. The van der Waals surface area contributed by atoms with E-state index in [0.717, 1.165) is 14.6 Å². The van der Waals surface area contributed by atoms with Gasteiger partial charge in [-0.3, -0.25) is 14.3 Å². The van der Waals surface area contributed by atoms with Gasteiger partial charge in [-0.1, -0.05) is 0 Å². The van der Waals surface area contributed by atoms with Crippen LogP contribution in [0.25, 0.3) is 0 Å². The molecule has 5 heteroatoms. The topological polar surface area (TPSA) is 0 Å².